The molecule has 0 spiro atoms. The van der Waals surface area contributed by atoms with Crippen molar-refractivity contribution in [3.8, 4) is 0 Å². The molecular weight excluding hydrogens is 263 g/mol. The number of halogens is 3. The summed E-state index contributed by atoms with van der Waals surface area (Å²) >= 11 is 0. The van der Waals surface area contributed by atoms with Crippen LogP contribution in [0.25, 0.3) is 0 Å². The monoisotopic (exact) mass is 279 g/mol. The Hall–Kier alpha value is -1.41. The lowest BCUT2D eigenvalue weighted by molar-refractivity contribution is -0.141. The SMILES string of the molecule is COCCOCCCNc1nccc(C(F)(F)F)n1. The summed E-state index contributed by atoms with van der Waals surface area (Å²) in [5, 5.41) is 2.71. The fourth-order valence-electron chi connectivity index (χ4n) is 1.22. The third-order valence-electron chi connectivity index (χ3n) is 2.13. The zero-order chi connectivity index (χ0) is 14.1. The molecule has 1 heterocycles. The molecule has 1 N–H and O–H groups in total. The molecule has 0 radical (unpaired) electrons. The molecule has 108 valence electrons. The molecular formula is C11H16F3N3O2. The van der Waals surface area contributed by atoms with Gasteiger partial charge in [-0.15, -0.1) is 0 Å². The Labute approximate surface area is 109 Å². The average Bonchev–Trinajstić information content (AvgIpc) is 2.37. The van der Waals surface area contributed by atoms with Gasteiger partial charge in [-0.3, -0.25) is 0 Å². The van der Waals surface area contributed by atoms with Crippen molar-refractivity contribution in [1.82, 2.24) is 9.97 Å². The van der Waals surface area contributed by atoms with E-state index in [0.29, 0.717) is 32.8 Å². The van der Waals surface area contributed by atoms with Gasteiger partial charge in [-0.25, -0.2) is 9.97 Å². The molecule has 0 bridgehead atoms. The fraction of sp³-hybridized carbons (Fsp3) is 0.636. The quantitative estimate of drug-likeness (QED) is 0.737. The van der Waals surface area contributed by atoms with E-state index >= 15 is 0 Å². The van der Waals surface area contributed by atoms with Crippen molar-refractivity contribution in [3.63, 3.8) is 0 Å². The lowest BCUT2D eigenvalue weighted by Crippen LogP contribution is -2.13. The predicted octanol–water partition coefficient (Wildman–Crippen LogP) is 1.96. The van der Waals surface area contributed by atoms with Crippen molar-refractivity contribution in [1.29, 1.82) is 0 Å². The largest absolute Gasteiger partial charge is 0.433 e. The van der Waals surface area contributed by atoms with E-state index in [0.717, 1.165) is 12.3 Å². The summed E-state index contributed by atoms with van der Waals surface area (Å²) in [6, 6.07) is 0.832. The van der Waals surface area contributed by atoms with Gasteiger partial charge in [-0.2, -0.15) is 13.2 Å². The van der Waals surface area contributed by atoms with Crippen LogP contribution in [0.4, 0.5) is 19.1 Å². The molecule has 0 aliphatic rings. The van der Waals surface area contributed by atoms with Crippen LogP contribution in [0.5, 0.6) is 0 Å². The number of anilines is 1. The third kappa shape index (κ3) is 6.35. The minimum Gasteiger partial charge on any atom is -0.382 e. The van der Waals surface area contributed by atoms with Crippen LogP contribution in [-0.4, -0.2) is 43.4 Å². The van der Waals surface area contributed by atoms with E-state index in [2.05, 4.69) is 15.3 Å². The molecule has 0 aliphatic carbocycles. The Bertz CT molecular complexity index is 374. The molecule has 0 saturated heterocycles. The normalized spacial score (nSPS) is 11.6. The number of alkyl halides is 3. The Morgan fingerprint density at radius 2 is 2.05 bits per heavy atom. The standard InChI is InChI=1S/C11H16F3N3O2/c1-18-7-8-19-6-2-4-15-10-16-5-3-9(17-10)11(12,13)14/h3,5H,2,4,6-8H2,1H3,(H,15,16,17). The maximum atomic E-state index is 12.4. The first-order valence-corrected chi connectivity index (χ1v) is 5.75. The Morgan fingerprint density at radius 3 is 2.74 bits per heavy atom. The van der Waals surface area contributed by atoms with Crippen LogP contribution >= 0.6 is 0 Å². The number of methoxy groups -OCH3 is 1. The van der Waals surface area contributed by atoms with Gasteiger partial charge in [0.25, 0.3) is 0 Å². The van der Waals surface area contributed by atoms with Crippen LogP contribution in [0.15, 0.2) is 12.3 Å². The zero-order valence-corrected chi connectivity index (χ0v) is 10.5. The van der Waals surface area contributed by atoms with Gasteiger partial charge in [-0.1, -0.05) is 0 Å². The molecule has 1 rings (SSSR count). The molecule has 0 amide bonds. The number of nitrogens with one attached hydrogen (secondary N) is 1. The second-order valence-corrected chi connectivity index (χ2v) is 3.65. The van der Waals surface area contributed by atoms with Gasteiger partial charge in [0.05, 0.1) is 13.2 Å². The van der Waals surface area contributed by atoms with Crippen LogP contribution in [0.1, 0.15) is 12.1 Å². The first-order valence-electron chi connectivity index (χ1n) is 5.75. The topological polar surface area (TPSA) is 56.3 Å². The molecule has 0 aromatic carbocycles. The highest BCUT2D eigenvalue weighted by atomic mass is 19.4. The third-order valence-corrected chi connectivity index (χ3v) is 2.13. The molecule has 19 heavy (non-hydrogen) atoms. The summed E-state index contributed by atoms with van der Waals surface area (Å²) in [5.74, 6) is -0.0354. The van der Waals surface area contributed by atoms with Gasteiger partial charge in [0.2, 0.25) is 5.95 Å². The number of hydrogen-bond donors (Lipinski definition) is 1. The molecule has 0 fully saturated rings. The predicted molar refractivity (Wildman–Crippen MR) is 62.8 cm³/mol. The zero-order valence-electron chi connectivity index (χ0n) is 10.5. The van der Waals surface area contributed by atoms with E-state index in [1.165, 1.54) is 0 Å². The smallest absolute Gasteiger partial charge is 0.382 e. The summed E-state index contributed by atoms with van der Waals surface area (Å²) in [4.78, 5) is 7.10. The number of nitrogens with zero attached hydrogens (tertiary/aromatic N) is 2. The van der Waals surface area contributed by atoms with Crippen LogP contribution in [0, 0.1) is 0 Å². The summed E-state index contributed by atoms with van der Waals surface area (Å²) in [5.41, 5.74) is -0.957. The fourth-order valence-corrected chi connectivity index (χ4v) is 1.22. The van der Waals surface area contributed by atoms with E-state index in [1.807, 2.05) is 0 Å². The highest BCUT2D eigenvalue weighted by Crippen LogP contribution is 2.27. The minimum atomic E-state index is -4.46. The van der Waals surface area contributed by atoms with Crippen molar-refractivity contribution in [2.45, 2.75) is 12.6 Å². The van der Waals surface area contributed by atoms with Crippen molar-refractivity contribution in [3.05, 3.63) is 18.0 Å². The van der Waals surface area contributed by atoms with Crippen LogP contribution in [-0.2, 0) is 15.7 Å². The molecule has 0 aliphatic heterocycles. The molecule has 0 atom stereocenters. The summed E-state index contributed by atoms with van der Waals surface area (Å²) < 4.78 is 47.1. The average molecular weight is 279 g/mol. The van der Waals surface area contributed by atoms with Gasteiger partial charge in [0.15, 0.2) is 0 Å². The maximum absolute atomic E-state index is 12.4. The first-order chi connectivity index (χ1) is 9.04. The van der Waals surface area contributed by atoms with Crippen LogP contribution in [0.3, 0.4) is 0 Å². The van der Waals surface area contributed by atoms with Gasteiger partial charge in [0, 0.05) is 26.5 Å². The van der Waals surface area contributed by atoms with Crippen molar-refractivity contribution >= 4 is 5.95 Å². The van der Waals surface area contributed by atoms with E-state index in [1.54, 1.807) is 7.11 Å². The van der Waals surface area contributed by atoms with Crippen LogP contribution < -0.4 is 5.32 Å². The molecule has 8 heteroatoms. The Balaban J connectivity index is 2.26. The second-order valence-electron chi connectivity index (χ2n) is 3.65. The lowest BCUT2D eigenvalue weighted by atomic mass is 10.4. The highest BCUT2D eigenvalue weighted by Gasteiger charge is 2.32. The van der Waals surface area contributed by atoms with E-state index in [9.17, 15) is 13.2 Å². The van der Waals surface area contributed by atoms with Gasteiger partial charge in [0.1, 0.15) is 5.69 Å². The summed E-state index contributed by atoms with van der Waals surface area (Å²) in [6.07, 6.45) is -2.74. The van der Waals surface area contributed by atoms with E-state index < -0.39 is 11.9 Å². The Morgan fingerprint density at radius 1 is 1.26 bits per heavy atom. The number of hydrogen-bond acceptors (Lipinski definition) is 5. The van der Waals surface area contributed by atoms with Crippen molar-refractivity contribution < 1.29 is 22.6 Å². The van der Waals surface area contributed by atoms with Gasteiger partial charge >= 0.3 is 6.18 Å². The highest BCUT2D eigenvalue weighted by molar-refractivity contribution is 5.25. The maximum Gasteiger partial charge on any atom is 0.433 e. The number of aromatic nitrogens is 2. The minimum absolute atomic E-state index is 0.0354. The lowest BCUT2D eigenvalue weighted by Gasteiger charge is -2.08. The van der Waals surface area contributed by atoms with Crippen molar-refractivity contribution in [2.24, 2.45) is 0 Å². The van der Waals surface area contributed by atoms with Crippen molar-refractivity contribution in [2.75, 3.05) is 38.8 Å². The molecule has 0 unspecified atom stereocenters. The van der Waals surface area contributed by atoms with Gasteiger partial charge in [-0.05, 0) is 12.5 Å². The molecule has 1 aromatic heterocycles. The van der Waals surface area contributed by atoms with Gasteiger partial charge < -0.3 is 14.8 Å². The van der Waals surface area contributed by atoms with Crippen LogP contribution in [0.2, 0.25) is 0 Å². The Kier molecular flexibility index (Phi) is 6.51. The summed E-state index contributed by atoms with van der Waals surface area (Å²) in [7, 11) is 1.58. The summed E-state index contributed by atoms with van der Waals surface area (Å²) in [6.45, 7) is 1.95. The number of rotatable bonds is 8. The first kappa shape index (κ1) is 15.6. The molecule has 5 nitrogen and oxygen atoms in total. The van der Waals surface area contributed by atoms with E-state index in [4.69, 9.17) is 9.47 Å². The molecule has 1 aromatic rings. The van der Waals surface area contributed by atoms with E-state index in [-0.39, 0.29) is 5.95 Å². The number of ether oxygens (including phenoxy) is 2. The molecule has 0 saturated carbocycles. The second kappa shape index (κ2) is 7.90.